The molecule has 1 N–H and O–H groups in total. The highest BCUT2D eigenvalue weighted by molar-refractivity contribution is 5.36. The van der Waals surface area contributed by atoms with Gasteiger partial charge in [-0.3, -0.25) is 0 Å². The number of hydrogen-bond acceptors (Lipinski definition) is 2. The van der Waals surface area contributed by atoms with E-state index in [1.54, 1.807) is 0 Å². The molecule has 2 rings (SSSR count). The fourth-order valence-corrected chi connectivity index (χ4v) is 1.85. The highest BCUT2D eigenvalue weighted by Gasteiger charge is 2.24. The van der Waals surface area contributed by atoms with Crippen LogP contribution in [0.3, 0.4) is 0 Å². The molecule has 2 nitrogen and oxygen atoms in total. The summed E-state index contributed by atoms with van der Waals surface area (Å²) < 4.78 is 0. The molecule has 0 unspecified atom stereocenters. The highest BCUT2D eigenvalue weighted by Crippen LogP contribution is 2.28. The monoisotopic (exact) mass is 176 g/mol. The van der Waals surface area contributed by atoms with Gasteiger partial charge < -0.3 is 5.32 Å². The average Bonchev–Trinajstić information content (AvgIpc) is 2.01. The number of nitrogens with zero attached hydrogens (tertiary/aromatic N) is 1. The summed E-state index contributed by atoms with van der Waals surface area (Å²) in [6.45, 7) is 4.32. The van der Waals surface area contributed by atoms with Crippen molar-refractivity contribution in [3.8, 4) is 0 Å². The van der Waals surface area contributed by atoms with Gasteiger partial charge in [-0.05, 0) is 37.8 Å². The smallest absolute Gasteiger partial charge is 0.126 e. The Balaban J connectivity index is 1.94. The molecule has 0 radical (unpaired) electrons. The Morgan fingerprint density at radius 2 is 2.15 bits per heavy atom. The first-order valence-corrected chi connectivity index (χ1v) is 4.94. The van der Waals surface area contributed by atoms with E-state index in [1.807, 2.05) is 25.1 Å². The number of anilines is 1. The summed E-state index contributed by atoms with van der Waals surface area (Å²) in [5, 5.41) is 3.44. The molecule has 1 heterocycles. The van der Waals surface area contributed by atoms with Gasteiger partial charge in [-0.2, -0.15) is 0 Å². The van der Waals surface area contributed by atoms with Crippen LogP contribution in [0.4, 0.5) is 5.82 Å². The Hall–Kier alpha value is -1.05. The van der Waals surface area contributed by atoms with Gasteiger partial charge >= 0.3 is 0 Å². The van der Waals surface area contributed by atoms with Crippen molar-refractivity contribution in [2.75, 3.05) is 5.32 Å². The lowest BCUT2D eigenvalue weighted by molar-refractivity contribution is 0.308. The molecule has 1 saturated carbocycles. The molecular weight excluding hydrogens is 160 g/mol. The largest absolute Gasteiger partial charge is 0.367 e. The number of rotatable bonds is 2. The van der Waals surface area contributed by atoms with Crippen molar-refractivity contribution in [1.29, 1.82) is 0 Å². The third kappa shape index (κ3) is 2.00. The average molecular weight is 176 g/mol. The third-order valence-electron chi connectivity index (χ3n) is 2.61. The molecule has 0 spiro atoms. The molecule has 1 aliphatic rings. The van der Waals surface area contributed by atoms with Crippen molar-refractivity contribution in [1.82, 2.24) is 4.98 Å². The quantitative estimate of drug-likeness (QED) is 0.749. The zero-order valence-corrected chi connectivity index (χ0v) is 8.25. The van der Waals surface area contributed by atoms with Gasteiger partial charge in [0.15, 0.2) is 0 Å². The van der Waals surface area contributed by atoms with Crippen LogP contribution in [0.2, 0.25) is 0 Å². The van der Waals surface area contributed by atoms with Crippen LogP contribution < -0.4 is 5.32 Å². The molecule has 0 atom stereocenters. The SMILES string of the molecule is Cc1cccc(NC2CC(C)C2)n1. The van der Waals surface area contributed by atoms with Crippen LogP contribution in [0.25, 0.3) is 0 Å². The number of hydrogen-bond donors (Lipinski definition) is 1. The normalized spacial score (nSPS) is 26.6. The first-order chi connectivity index (χ1) is 6.24. The van der Waals surface area contributed by atoms with Gasteiger partial charge in [-0.25, -0.2) is 4.98 Å². The van der Waals surface area contributed by atoms with E-state index in [-0.39, 0.29) is 0 Å². The first-order valence-electron chi connectivity index (χ1n) is 4.94. The second kappa shape index (κ2) is 3.36. The van der Waals surface area contributed by atoms with E-state index in [2.05, 4.69) is 17.2 Å². The summed E-state index contributed by atoms with van der Waals surface area (Å²) in [6.07, 6.45) is 2.57. The molecule has 1 aromatic heterocycles. The Labute approximate surface area is 79.4 Å². The zero-order valence-electron chi connectivity index (χ0n) is 8.25. The van der Waals surface area contributed by atoms with E-state index >= 15 is 0 Å². The first kappa shape index (κ1) is 8.54. The van der Waals surface area contributed by atoms with Gasteiger partial charge in [-0.15, -0.1) is 0 Å². The van der Waals surface area contributed by atoms with Gasteiger partial charge in [0.2, 0.25) is 0 Å². The van der Waals surface area contributed by atoms with Gasteiger partial charge in [0.05, 0.1) is 0 Å². The maximum absolute atomic E-state index is 4.41. The van der Waals surface area contributed by atoms with Crippen molar-refractivity contribution in [3.63, 3.8) is 0 Å². The number of aryl methyl sites for hydroxylation is 1. The predicted molar refractivity (Wildman–Crippen MR) is 54.8 cm³/mol. The molecule has 1 aromatic rings. The summed E-state index contributed by atoms with van der Waals surface area (Å²) >= 11 is 0. The maximum atomic E-state index is 4.41. The van der Waals surface area contributed by atoms with Crippen LogP contribution in [0.15, 0.2) is 18.2 Å². The molecule has 0 bridgehead atoms. The van der Waals surface area contributed by atoms with Crippen molar-refractivity contribution in [2.45, 2.75) is 32.7 Å². The van der Waals surface area contributed by atoms with Crippen molar-refractivity contribution in [3.05, 3.63) is 23.9 Å². The lowest BCUT2D eigenvalue weighted by Crippen LogP contribution is -2.34. The van der Waals surface area contributed by atoms with Gasteiger partial charge in [0.1, 0.15) is 5.82 Å². The fraction of sp³-hybridized carbons (Fsp3) is 0.545. The Morgan fingerprint density at radius 3 is 2.77 bits per heavy atom. The van der Waals surface area contributed by atoms with Crippen LogP contribution in [-0.4, -0.2) is 11.0 Å². The summed E-state index contributed by atoms with van der Waals surface area (Å²) in [7, 11) is 0. The number of nitrogens with one attached hydrogen (secondary N) is 1. The second-order valence-corrected chi connectivity index (χ2v) is 4.08. The molecule has 0 aromatic carbocycles. The molecule has 13 heavy (non-hydrogen) atoms. The van der Waals surface area contributed by atoms with E-state index in [9.17, 15) is 0 Å². The number of aromatic nitrogens is 1. The van der Waals surface area contributed by atoms with Crippen LogP contribution in [-0.2, 0) is 0 Å². The minimum absolute atomic E-state index is 0.657. The van der Waals surface area contributed by atoms with E-state index in [4.69, 9.17) is 0 Å². The zero-order chi connectivity index (χ0) is 9.26. The Morgan fingerprint density at radius 1 is 1.38 bits per heavy atom. The standard InChI is InChI=1S/C11H16N2/c1-8-6-10(7-8)13-11-5-3-4-9(2)12-11/h3-5,8,10H,6-7H2,1-2H3,(H,12,13). The Kier molecular flexibility index (Phi) is 2.21. The van der Waals surface area contributed by atoms with Crippen molar-refractivity contribution in [2.24, 2.45) is 5.92 Å². The van der Waals surface area contributed by atoms with Gasteiger partial charge in [0.25, 0.3) is 0 Å². The molecule has 2 heteroatoms. The lowest BCUT2D eigenvalue weighted by Gasteiger charge is -2.33. The Bertz CT molecular complexity index is 290. The van der Waals surface area contributed by atoms with E-state index in [0.717, 1.165) is 17.4 Å². The molecule has 70 valence electrons. The third-order valence-corrected chi connectivity index (χ3v) is 2.61. The van der Waals surface area contributed by atoms with Crippen molar-refractivity contribution >= 4 is 5.82 Å². The highest BCUT2D eigenvalue weighted by atomic mass is 15.0. The molecule has 1 aliphatic carbocycles. The fourth-order valence-electron chi connectivity index (χ4n) is 1.85. The minimum Gasteiger partial charge on any atom is -0.367 e. The minimum atomic E-state index is 0.657. The predicted octanol–water partition coefficient (Wildman–Crippen LogP) is 2.60. The molecule has 0 amide bonds. The van der Waals surface area contributed by atoms with E-state index in [1.165, 1.54) is 12.8 Å². The van der Waals surface area contributed by atoms with E-state index < -0.39 is 0 Å². The van der Waals surface area contributed by atoms with Crippen LogP contribution in [0.1, 0.15) is 25.5 Å². The second-order valence-electron chi connectivity index (χ2n) is 4.08. The van der Waals surface area contributed by atoms with Crippen LogP contribution in [0, 0.1) is 12.8 Å². The van der Waals surface area contributed by atoms with Crippen molar-refractivity contribution < 1.29 is 0 Å². The summed E-state index contributed by atoms with van der Waals surface area (Å²) in [5.41, 5.74) is 1.08. The summed E-state index contributed by atoms with van der Waals surface area (Å²) in [4.78, 5) is 4.41. The molecule has 0 aliphatic heterocycles. The molecule has 0 saturated heterocycles. The molecular formula is C11H16N2. The summed E-state index contributed by atoms with van der Waals surface area (Å²) in [6, 6.07) is 6.77. The maximum Gasteiger partial charge on any atom is 0.126 e. The lowest BCUT2D eigenvalue weighted by atomic mass is 9.82. The summed E-state index contributed by atoms with van der Waals surface area (Å²) in [5.74, 6) is 1.92. The van der Waals surface area contributed by atoms with Gasteiger partial charge in [0, 0.05) is 11.7 Å². The van der Waals surface area contributed by atoms with E-state index in [0.29, 0.717) is 6.04 Å². The van der Waals surface area contributed by atoms with Crippen LogP contribution in [0.5, 0.6) is 0 Å². The number of pyridine rings is 1. The van der Waals surface area contributed by atoms with Gasteiger partial charge in [-0.1, -0.05) is 13.0 Å². The molecule has 1 fully saturated rings. The van der Waals surface area contributed by atoms with Crippen LogP contribution >= 0.6 is 0 Å². The topological polar surface area (TPSA) is 24.9 Å².